The second-order valence-corrected chi connectivity index (χ2v) is 6.87. The highest BCUT2D eigenvalue weighted by Crippen LogP contribution is 2.31. The van der Waals surface area contributed by atoms with Crippen LogP contribution in [0, 0.1) is 17.2 Å². The van der Waals surface area contributed by atoms with Crippen LogP contribution in [0.1, 0.15) is 38.0 Å². The minimum absolute atomic E-state index is 0.292. The van der Waals surface area contributed by atoms with Crippen LogP contribution >= 0.6 is 0 Å². The first kappa shape index (κ1) is 16.8. The maximum atomic E-state index is 10.4. The first-order chi connectivity index (χ1) is 11.5. The van der Waals surface area contributed by atoms with Gasteiger partial charge in [0, 0.05) is 18.7 Å². The van der Waals surface area contributed by atoms with E-state index in [0.29, 0.717) is 11.5 Å². The van der Waals surface area contributed by atoms with E-state index < -0.39 is 5.60 Å². The Hall–Kier alpha value is -2.09. The van der Waals surface area contributed by atoms with Gasteiger partial charge in [-0.05, 0) is 49.9 Å². The highest BCUT2D eigenvalue weighted by atomic mass is 16.3. The number of nitriles is 1. The smallest absolute Gasteiger partial charge is 0.135 e. The van der Waals surface area contributed by atoms with Crippen LogP contribution in [0.15, 0.2) is 40.8 Å². The number of rotatable bonds is 4. The first-order valence-electron chi connectivity index (χ1n) is 8.56. The fourth-order valence-corrected chi connectivity index (χ4v) is 3.52. The van der Waals surface area contributed by atoms with E-state index >= 15 is 0 Å². The molecular formula is C20H24N2O2. The molecule has 0 radical (unpaired) electrons. The molecule has 2 heterocycles. The Labute approximate surface area is 143 Å². The third-order valence-corrected chi connectivity index (χ3v) is 5.14. The summed E-state index contributed by atoms with van der Waals surface area (Å²) in [5.74, 6) is 1.92. The SMILES string of the molecule is CC[C@H]1CN(Cc2ccc(-c3ccccc3C#N)o2)CC[C@@]1(C)O. The van der Waals surface area contributed by atoms with Crippen molar-refractivity contribution in [3.05, 3.63) is 47.7 Å². The average Bonchev–Trinajstić information content (AvgIpc) is 3.04. The molecule has 2 aromatic rings. The van der Waals surface area contributed by atoms with Gasteiger partial charge in [-0.3, -0.25) is 4.90 Å². The van der Waals surface area contributed by atoms with E-state index in [-0.39, 0.29) is 0 Å². The van der Waals surface area contributed by atoms with E-state index in [9.17, 15) is 10.4 Å². The van der Waals surface area contributed by atoms with Gasteiger partial charge in [-0.25, -0.2) is 0 Å². The van der Waals surface area contributed by atoms with Crippen molar-refractivity contribution in [1.29, 1.82) is 5.26 Å². The van der Waals surface area contributed by atoms with E-state index in [1.807, 2.05) is 37.3 Å². The minimum atomic E-state index is -0.564. The molecule has 0 spiro atoms. The van der Waals surface area contributed by atoms with Crippen LogP contribution in [0.4, 0.5) is 0 Å². The van der Waals surface area contributed by atoms with Crippen LogP contribution < -0.4 is 0 Å². The van der Waals surface area contributed by atoms with Gasteiger partial charge < -0.3 is 9.52 Å². The van der Waals surface area contributed by atoms with Crippen LogP contribution in [-0.2, 0) is 6.54 Å². The molecule has 1 N–H and O–H groups in total. The van der Waals surface area contributed by atoms with Crippen LogP contribution in [0.2, 0.25) is 0 Å². The number of nitrogens with zero attached hydrogens (tertiary/aromatic N) is 2. The largest absolute Gasteiger partial charge is 0.460 e. The minimum Gasteiger partial charge on any atom is -0.460 e. The lowest BCUT2D eigenvalue weighted by Gasteiger charge is -2.42. The molecule has 1 fully saturated rings. The second-order valence-electron chi connectivity index (χ2n) is 6.87. The second kappa shape index (κ2) is 6.80. The fourth-order valence-electron chi connectivity index (χ4n) is 3.52. The number of benzene rings is 1. The molecular weight excluding hydrogens is 300 g/mol. The van der Waals surface area contributed by atoms with Crippen molar-refractivity contribution < 1.29 is 9.52 Å². The molecule has 0 unspecified atom stereocenters. The Morgan fingerprint density at radius 1 is 1.33 bits per heavy atom. The molecule has 1 saturated heterocycles. The van der Waals surface area contributed by atoms with Crippen molar-refractivity contribution in [2.75, 3.05) is 13.1 Å². The molecule has 2 atom stereocenters. The van der Waals surface area contributed by atoms with E-state index in [2.05, 4.69) is 17.9 Å². The molecule has 1 aromatic carbocycles. The normalized spacial score (nSPS) is 24.7. The van der Waals surface area contributed by atoms with Crippen molar-refractivity contribution in [2.45, 2.75) is 38.8 Å². The van der Waals surface area contributed by atoms with Gasteiger partial charge in [-0.15, -0.1) is 0 Å². The van der Waals surface area contributed by atoms with Gasteiger partial charge in [0.15, 0.2) is 0 Å². The summed E-state index contributed by atoms with van der Waals surface area (Å²) in [6, 6.07) is 13.6. The molecule has 4 nitrogen and oxygen atoms in total. The van der Waals surface area contributed by atoms with Crippen molar-refractivity contribution in [3.8, 4) is 17.4 Å². The number of hydrogen-bond donors (Lipinski definition) is 1. The standard InChI is InChI=1S/C20H24N2O2/c1-3-16-13-22(11-10-20(16,2)23)14-17-8-9-19(24-17)18-7-5-4-6-15(18)12-21/h4-9,16,23H,3,10-11,13-14H2,1-2H3/t16-,20+/m0/s1. The predicted molar refractivity (Wildman–Crippen MR) is 93.2 cm³/mol. The van der Waals surface area contributed by atoms with E-state index in [1.54, 1.807) is 6.07 Å². The van der Waals surface area contributed by atoms with Gasteiger partial charge in [-0.2, -0.15) is 5.26 Å². The molecule has 0 amide bonds. The summed E-state index contributed by atoms with van der Waals surface area (Å²) in [6.45, 7) is 6.57. The number of hydrogen-bond acceptors (Lipinski definition) is 4. The van der Waals surface area contributed by atoms with Crippen molar-refractivity contribution in [3.63, 3.8) is 0 Å². The third-order valence-electron chi connectivity index (χ3n) is 5.14. The first-order valence-corrected chi connectivity index (χ1v) is 8.56. The van der Waals surface area contributed by atoms with Crippen molar-refractivity contribution in [1.82, 2.24) is 4.90 Å². The molecule has 1 aliphatic heterocycles. The lowest BCUT2D eigenvalue weighted by atomic mass is 9.81. The average molecular weight is 324 g/mol. The lowest BCUT2D eigenvalue weighted by Crippen LogP contribution is -2.49. The quantitative estimate of drug-likeness (QED) is 0.929. The highest BCUT2D eigenvalue weighted by molar-refractivity contribution is 5.66. The number of aliphatic hydroxyl groups is 1. The zero-order chi connectivity index (χ0) is 17.2. The Morgan fingerprint density at radius 2 is 2.12 bits per heavy atom. The molecule has 0 aliphatic carbocycles. The van der Waals surface area contributed by atoms with E-state index in [1.165, 1.54) is 0 Å². The maximum Gasteiger partial charge on any atom is 0.135 e. The van der Waals surface area contributed by atoms with Crippen LogP contribution in [0.25, 0.3) is 11.3 Å². The summed E-state index contributed by atoms with van der Waals surface area (Å²) >= 11 is 0. The van der Waals surface area contributed by atoms with Crippen molar-refractivity contribution in [2.24, 2.45) is 5.92 Å². The number of piperidine rings is 1. The number of likely N-dealkylation sites (tertiary alicyclic amines) is 1. The maximum absolute atomic E-state index is 10.4. The van der Waals surface area contributed by atoms with Gasteiger partial charge in [0.1, 0.15) is 11.5 Å². The Balaban J connectivity index is 1.72. The van der Waals surface area contributed by atoms with Crippen LogP contribution in [-0.4, -0.2) is 28.7 Å². The highest BCUT2D eigenvalue weighted by Gasteiger charge is 2.36. The molecule has 24 heavy (non-hydrogen) atoms. The lowest BCUT2D eigenvalue weighted by molar-refractivity contribution is -0.0618. The Morgan fingerprint density at radius 3 is 2.88 bits per heavy atom. The molecule has 0 saturated carbocycles. The molecule has 0 bridgehead atoms. The summed E-state index contributed by atoms with van der Waals surface area (Å²) in [6.07, 6.45) is 1.76. The van der Waals surface area contributed by atoms with Crippen LogP contribution in [0.3, 0.4) is 0 Å². The summed E-state index contributed by atoms with van der Waals surface area (Å²) in [4.78, 5) is 2.34. The van der Waals surface area contributed by atoms with Crippen LogP contribution in [0.5, 0.6) is 0 Å². The zero-order valence-electron chi connectivity index (χ0n) is 14.3. The predicted octanol–water partition coefficient (Wildman–Crippen LogP) is 3.80. The summed E-state index contributed by atoms with van der Waals surface area (Å²) in [5, 5.41) is 19.7. The third kappa shape index (κ3) is 3.38. The van der Waals surface area contributed by atoms with Gasteiger partial charge in [-0.1, -0.05) is 19.1 Å². The molecule has 1 aliphatic rings. The molecule has 126 valence electrons. The zero-order valence-corrected chi connectivity index (χ0v) is 14.3. The summed E-state index contributed by atoms with van der Waals surface area (Å²) in [7, 11) is 0. The Bertz CT molecular complexity index is 742. The van der Waals surface area contributed by atoms with Gasteiger partial charge in [0.05, 0.1) is 23.8 Å². The van der Waals surface area contributed by atoms with E-state index in [0.717, 1.165) is 49.6 Å². The van der Waals surface area contributed by atoms with Gasteiger partial charge >= 0.3 is 0 Å². The van der Waals surface area contributed by atoms with E-state index in [4.69, 9.17) is 4.42 Å². The molecule has 1 aromatic heterocycles. The number of furan rings is 1. The summed E-state index contributed by atoms with van der Waals surface area (Å²) < 4.78 is 5.98. The van der Waals surface area contributed by atoms with Gasteiger partial charge in [0.25, 0.3) is 0 Å². The molecule has 4 heteroatoms. The fraction of sp³-hybridized carbons (Fsp3) is 0.450. The van der Waals surface area contributed by atoms with Crippen molar-refractivity contribution >= 4 is 0 Å². The summed E-state index contributed by atoms with van der Waals surface area (Å²) in [5.41, 5.74) is 0.892. The Kier molecular flexibility index (Phi) is 4.75. The monoisotopic (exact) mass is 324 g/mol. The molecule has 3 rings (SSSR count). The van der Waals surface area contributed by atoms with Gasteiger partial charge in [0.2, 0.25) is 0 Å². The topological polar surface area (TPSA) is 60.4 Å².